The molecule has 1 aliphatic heterocycles. The summed E-state index contributed by atoms with van der Waals surface area (Å²) in [4.78, 5) is 14.8. The van der Waals surface area contributed by atoms with Crippen LogP contribution in [-0.4, -0.2) is 30.4 Å². The number of aryl methyl sites for hydroxylation is 1. The smallest absolute Gasteiger partial charge is 0.228 e. The van der Waals surface area contributed by atoms with Crippen molar-refractivity contribution < 1.29 is 9.21 Å². The first-order valence-electron chi connectivity index (χ1n) is 8.15. The molecule has 22 heavy (non-hydrogen) atoms. The second kappa shape index (κ2) is 6.53. The van der Waals surface area contributed by atoms with Crippen molar-refractivity contribution in [3.8, 4) is 0 Å². The summed E-state index contributed by atoms with van der Waals surface area (Å²) in [6.07, 6.45) is 3.83. The third-order valence-corrected chi connectivity index (χ3v) is 4.34. The van der Waals surface area contributed by atoms with Crippen LogP contribution in [0.2, 0.25) is 0 Å². The molecule has 1 atom stereocenters. The SMILES string of the molecule is Cc1cc2cc(NC(=O)C(C)CN3CCCCC3)ccc2o1. The Kier molecular flexibility index (Phi) is 4.48. The monoisotopic (exact) mass is 300 g/mol. The lowest BCUT2D eigenvalue weighted by molar-refractivity contribution is -0.120. The number of hydrogen-bond donors (Lipinski definition) is 1. The molecular weight excluding hydrogens is 276 g/mol. The normalized spacial score (nSPS) is 17.5. The molecule has 1 saturated heterocycles. The third kappa shape index (κ3) is 3.50. The Morgan fingerprint density at radius 2 is 2.05 bits per heavy atom. The Morgan fingerprint density at radius 3 is 2.82 bits per heavy atom. The van der Waals surface area contributed by atoms with Gasteiger partial charge in [0.1, 0.15) is 11.3 Å². The van der Waals surface area contributed by atoms with Gasteiger partial charge in [0.25, 0.3) is 0 Å². The number of benzene rings is 1. The van der Waals surface area contributed by atoms with E-state index < -0.39 is 0 Å². The average molecular weight is 300 g/mol. The van der Waals surface area contributed by atoms with E-state index in [1.165, 1.54) is 19.3 Å². The highest BCUT2D eigenvalue weighted by molar-refractivity contribution is 5.94. The summed E-state index contributed by atoms with van der Waals surface area (Å²) in [5.41, 5.74) is 1.70. The molecule has 0 bridgehead atoms. The number of amides is 1. The van der Waals surface area contributed by atoms with Crippen molar-refractivity contribution in [1.29, 1.82) is 0 Å². The van der Waals surface area contributed by atoms with Crippen molar-refractivity contribution in [3.05, 3.63) is 30.0 Å². The quantitative estimate of drug-likeness (QED) is 0.934. The van der Waals surface area contributed by atoms with E-state index >= 15 is 0 Å². The molecule has 1 aromatic carbocycles. The Bertz CT molecular complexity index is 656. The summed E-state index contributed by atoms with van der Waals surface area (Å²) in [6, 6.07) is 7.77. The van der Waals surface area contributed by atoms with Crippen molar-refractivity contribution in [1.82, 2.24) is 4.90 Å². The molecule has 0 spiro atoms. The number of carbonyl (C=O) groups excluding carboxylic acids is 1. The van der Waals surface area contributed by atoms with Gasteiger partial charge < -0.3 is 14.6 Å². The van der Waals surface area contributed by atoms with Gasteiger partial charge in [0.05, 0.1) is 0 Å². The first kappa shape index (κ1) is 15.1. The van der Waals surface area contributed by atoms with Crippen LogP contribution in [-0.2, 0) is 4.79 Å². The molecule has 0 radical (unpaired) electrons. The lowest BCUT2D eigenvalue weighted by Crippen LogP contribution is -2.37. The van der Waals surface area contributed by atoms with Gasteiger partial charge in [-0.2, -0.15) is 0 Å². The van der Waals surface area contributed by atoms with Crippen LogP contribution < -0.4 is 5.32 Å². The standard InChI is InChI=1S/C18H24N2O2/c1-13(12-20-8-4-3-5-9-20)18(21)19-16-6-7-17-15(11-16)10-14(2)22-17/h6-7,10-11,13H,3-5,8-9,12H2,1-2H3,(H,19,21). The highest BCUT2D eigenvalue weighted by Crippen LogP contribution is 2.23. The second-order valence-corrected chi connectivity index (χ2v) is 6.36. The first-order chi connectivity index (χ1) is 10.6. The van der Waals surface area contributed by atoms with E-state index in [-0.39, 0.29) is 11.8 Å². The number of rotatable bonds is 4. The van der Waals surface area contributed by atoms with E-state index in [0.717, 1.165) is 42.1 Å². The Labute approximate surface area is 131 Å². The highest BCUT2D eigenvalue weighted by Gasteiger charge is 2.19. The van der Waals surface area contributed by atoms with Crippen LogP contribution in [0.5, 0.6) is 0 Å². The van der Waals surface area contributed by atoms with Gasteiger partial charge in [0.15, 0.2) is 0 Å². The van der Waals surface area contributed by atoms with Gasteiger partial charge in [-0.15, -0.1) is 0 Å². The zero-order valence-corrected chi connectivity index (χ0v) is 13.4. The molecule has 2 heterocycles. The molecule has 0 aliphatic carbocycles. The Hall–Kier alpha value is -1.81. The van der Waals surface area contributed by atoms with Crippen molar-refractivity contribution >= 4 is 22.6 Å². The number of fused-ring (bicyclic) bond motifs is 1. The molecule has 1 unspecified atom stereocenters. The summed E-state index contributed by atoms with van der Waals surface area (Å²) in [7, 11) is 0. The van der Waals surface area contributed by atoms with Crippen molar-refractivity contribution in [2.24, 2.45) is 5.92 Å². The first-order valence-corrected chi connectivity index (χ1v) is 8.15. The van der Waals surface area contributed by atoms with Gasteiger partial charge in [-0.3, -0.25) is 4.79 Å². The summed E-state index contributed by atoms with van der Waals surface area (Å²) in [5, 5.41) is 4.05. The van der Waals surface area contributed by atoms with Crippen LogP contribution in [0.25, 0.3) is 11.0 Å². The maximum Gasteiger partial charge on any atom is 0.228 e. The summed E-state index contributed by atoms with van der Waals surface area (Å²) < 4.78 is 5.56. The minimum atomic E-state index is -0.000109. The summed E-state index contributed by atoms with van der Waals surface area (Å²) >= 11 is 0. The average Bonchev–Trinajstić information content (AvgIpc) is 2.87. The van der Waals surface area contributed by atoms with E-state index in [1.54, 1.807) is 0 Å². The van der Waals surface area contributed by atoms with Crippen molar-refractivity contribution in [2.45, 2.75) is 33.1 Å². The van der Waals surface area contributed by atoms with Crippen LogP contribution in [0, 0.1) is 12.8 Å². The number of hydrogen-bond acceptors (Lipinski definition) is 3. The fraction of sp³-hybridized carbons (Fsp3) is 0.500. The van der Waals surface area contributed by atoms with Gasteiger partial charge >= 0.3 is 0 Å². The number of furan rings is 1. The van der Waals surface area contributed by atoms with Gasteiger partial charge in [0.2, 0.25) is 5.91 Å². The van der Waals surface area contributed by atoms with Crippen LogP contribution in [0.1, 0.15) is 31.9 Å². The lowest BCUT2D eigenvalue weighted by Gasteiger charge is -2.28. The molecule has 1 aliphatic rings. The Balaban J connectivity index is 1.61. The van der Waals surface area contributed by atoms with Gasteiger partial charge in [0, 0.05) is 23.5 Å². The van der Waals surface area contributed by atoms with E-state index in [4.69, 9.17) is 4.42 Å². The van der Waals surface area contributed by atoms with Crippen molar-refractivity contribution in [3.63, 3.8) is 0 Å². The predicted octanol–water partition coefficient (Wildman–Crippen LogP) is 3.80. The molecule has 1 fully saturated rings. The number of anilines is 1. The van der Waals surface area contributed by atoms with E-state index in [1.807, 2.05) is 38.1 Å². The maximum absolute atomic E-state index is 12.4. The number of likely N-dealkylation sites (tertiary alicyclic amines) is 1. The molecule has 2 aromatic rings. The van der Waals surface area contributed by atoms with Gasteiger partial charge in [-0.25, -0.2) is 0 Å². The minimum absolute atomic E-state index is 0.000109. The minimum Gasteiger partial charge on any atom is -0.461 e. The molecule has 0 saturated carbocycles. The Morgan fingerprint density at radius 1 is 1.27 bits per heavy atom. The number of carbonyl (C=O) groups is 1. The fourth-order valence-corrected chi connectivity index (χ4v) is 3.13. The lowest BCUT2D eigenvalue weighted by atomic mass is 10.1. The number of nitrogens with one attached hydrogen (secondary N) is 1. The maximum atomic E-state index is 12.4. The summed E-state index contributed by atoms with van der Waals surface area (Å²) in [6.45, 7) is 7.03. The van der Waals surface area contributed by atoms with Crippen LogP contribution >= 0.6 is 0 Å². The van der Waals surface area contributed by atoms with Crippen LogP contribution in [0.4, 0.5) is 5.69 Å². The molecule has 4 nitrogen and oxygen atoms in total. The topological polar surface area (TPSA) is 45.5 Å². The number of nitrogens with zero attached hydrogens (tertiary/aromatic N) is 1. The molecular formula is C18H24N2O2. The third-order valence-electron chi connectivity index (χ3n) is 4.34. The molecule has 4 heteroatoms. The number of piperidine rings is 1. The van der Waals surface area contributed by atoms with Crippen molar-refractivity contribution in [2.75, 3.05) is 25.0 Å². The van der Waals surface area contributed by atoms with Gasteiger partial charge in [-0.05, 0) is 57.1 Å². The molecule has 118 valence electrons. The highest BCUT2D eigenvalue weighted by atomic mass is 16.3. The predicted molar refractivity (Wildman–Crippen MR) is 89.0 cm³/mol. The largest absolute Gasteiger partial charge is 0.461 e. The van der Waals surface area contributed by atoms with Gasteiger partial charge in [-0.1, -0.05) is 13.3 Å². The zero-order chi connectivity index (χ0) is 15.5. The van der Waals surface area contributed by atoms with Crippen LogP contribution in [0.3, 0.4) is 0 Å². The molecule has 1 aromatic heterocycles. The van der Waals surface area contributed by atoms with E-state index in [2.05, 4.69) is 10.2 Å². The van der Waals surface area contributed by atoms with E-state index in [9.17, 15) is 4.79 Å². The molecule has 3 rings (SSSR count). The van der Waals surface area contributed by atoms with E-state index in [0.29, 0.717) is 0 Å². The fourth-order valence-electron chi connectivity index (χ4n) is 3.13. The second-order valence-electron chi connectivity index (χ2n) is 6.36. The summed E-state index contributed by atoms with van der Waals surface area (Å²) in [5.74, 6) is 0.974. The van der Waals surface area contributed by atoms with Crippen LogP contribution in [0.15, 0.2) is 28.7 Å². The molecule has 1 N–H and O–H groups in total. The zero-order valence-electron chi connectivity index (χ0n) is 13.4. The molecule has 1 amide bonds.